The van der Waals surface area contributed by atoms with Crippen molar-refractivity contribution in [3.8, 4) is 0 Å². The van der Waals surface area contributed by atoms with Crippen molar-refractivity contribution < 1.29 is 18.0 Å². The Hall–Kier alpha value is -2.87. The summed E-state index contributed by atoms with van der Waals surface area (Å²) in [4.78, 5) is 20.6. The molecule has 8 heteroatoms. The molecule has 2 N–H and O–H groups in total. The van der Waals surface area contributed by atoms with E-state index in [1.165, 1.54) is 36.6 Å². The zero-order valence-electron chi connectivity index (χ0n) is 15.7. The van der Waals surface area contributed by atoms with Crippen molar-refractivity contribution in [2.45, 2.75) is 32.1 Å². The first kappa shape index (κ1) is 19.4. The van der Waals surface area contributed by atoms with E-state index in [1.807, 2.05) is 12.1 Å². The third-order valence-corrected chi connectivity index (χ3v) is 5.06. The van der Waals surface area contributed by atoms with Crippen LogP contribution in [0.2, 0.25) is 0 Å². The summed E-state index contributed by atoms with van der Waals surface area (Å²) in [6.45, 7) is 3.49. The van der Waals surface area contributed by atoms with E-state index in [0.717, 1.165) is 25.2 Å². The molecule has 0 spiro atoms. The maximum atomic E-state index is 12.8. The fourth-order valence-electron chi connectivity index (χ4n) is 3.61. The summed E-state index contributed by atoms with van der Waals surface area (Å²) in [5.74, 6) is -1.42. The number of nitrogens with one attached hydrogen (secondary N) is 2. The van der Waals surface area contributed by atoms with Gasteiger partial charge in [-0.05, 0) is 55.3 Å². The molecular weight excluding hydrogens is 381 g/mol. The van der Waals surface area contributed by atoms with Gasteiger partial charge in [-0.25, -0.2) is 4.98 Å². The Kier molecular flexibility index (Phi) is 5.27. The largest absolute Gasteiger partial charge is 0.449 e. The molecule has 1 fully saturated rings. The lowest BCUT2D eigenvalue weighted by molar-refractivity contribution is -0.144. The van der Waals surface area contributed by atoms with Crippen LogP contribution in [-0.4, -0.2) is 33.9 Å². The molecule has 2 heterocycles. The summed E-state index contributed by atoms with van der Waals surface area (Å²) >= 11 is 0. The van der Waals surface area contributed by atoms with Gasteiger partial charge in [0.05, 0.1) is 11.0 Å². The number of H-pyrrole nitrogens is 1. The van der Waals surface area contributed by atoms with Crippen molar-refractivity contribution in [3.63, 3.8) is 0 Å². The fourth-order valence-corrected chi connectivity index (χ4v) is 3.61. The normalized spacial score (nSPS) is 15.1. The van der Waals surface area contributed by atoms with Gasteiger partial charge in [0.2, 0.25) is 5.82 Å². The van der Waals surface area contributed by atoms with Crippen molar-refractivity contribution >= 4 is 16.9 Å². The molecule has 152 valence electrons. The van der Waals surface area contributed by atoms with Crippen LogP contribution in [0.15, 0.2) is 42.5 Å². The Labute approximate surface area is 165 Å². The SMILES string of the molecule is O=C(NCc1cccc(CN2CCCC2)c1)c1ccc2nc(C(F)(F)F)[nH]c2c1. The summed E-state index contributed by atoms with van der Waals surface area (Å²) in [6.07, 6.45) is -2.08. The Morgan fingerprint density at radius 3 is 2.62 bits per heavy atom. The zero-order chi connectivity index (χ0) is 20.4. The first-order valence-corrected chi connectivity index (χ1v) is 9.54. The minimum Gasteiger partial charge on any atom is -0.348 e. The molecule has 29 heavy (non-hydrogen) atoms. The molecule has 0 aliphatic carbocycles. The van der Waals surface area contributed by atoms with Crippen molar-refractivity contribution in [1.82, 2.24) is 20.2 Å². The lowest BCUT2D eigenvalue weighted by atomic mass is 10.1. The van der Waals surface area contributed by atoms with E-state index >= 15 is 0 Å². The number of benzene rings is 2. The average molecular weight is 402 g/mol. The molecule has 0 saturated carbocycles. The Balaban J connectivity index is 1.41. The van der Waals surface area contributed by atoms with E-state index in [9.17, 15) is 18.0 Å². The van der Waals surface area contributed by atoms with Crippen LogP contribution in [-0.2, 0) is 19.3 Å². The number of amides is 1. The van der Waals surface area contributed by atoms with Crippen LogP contribution in [0.3, 0.4) is 0 Å². The zero-order valence-corrected chi connectivity index (χ0v) is 15.7. The highest BCUT2D eigenvalue weighted by Crippen LogP contribution is 2.28. The summed E-state index contributed by atoms with van der Waals surface area (Å²) in [7, 11) is 0. The van der Waals surface area contributed by atoms with E-state index in [4.69, 9.17) is 0 Å². The van der Waals surface area contributed by atoms with Gasteiger partial charge in [0.25, 0.3) is 5.91 Å². The number of halogens is 3. The summed E-state index contributed by atoms with van der Waals surface area (Å²) in [6, 6.07) is 12.3. The maximum Gasteiger partial charge on any atom is 0.449 e. The van der Waals surface area contributed by atoms with Crippen molar-refractivity contribution in [3.05, 3.63) is 65.0 Å². The fraction of sp³-hybridized carbons (Fsp3) is 0.333. The number of carbonyl (C=O) groups excluding carboxylic acids is 1. The number of aromatic nitrogens is 2. The van der Waals surface area contributed by atoms with Gasteiger partial charge in [0.15, 0.2) is 0 Å². The number of aromatic amines is 1. The van der Waals surface area contributed by atoms with Crippen LogP contribution in [0.5, 0.6) is 0 Å². The van der Waals surface area contributed by atoms with Crippen LogP contribution in [0.1, 0.15) is 40.2 Å². The van der Waals surface area contributed by atoms with Crippen LogP contribution >= 0.6 is 0 Å². The molecule has 1 saturated heterocycles. The monoisotopic (exact) mass is 402 g/mol. The molecule has 4 rings (SSSR count). The van der Waals surface area contributed by atoms with Gasteiger partial charge < -0.3 is 10.3 Å². The van der Waals surface area contributed by atoms with E-state index in [0.29, 0.717) is 6.54 Å². The van der Waals surface area contributed by atoms with E-state index in [-0.39, 0.29) is 22.5 Å². The Bertz CT molecular complexity index is 1020. The molecule has 0 atom stereocenters. The highest BCUT2D eigenvalue weighted by molar-refractivity contribution is 5.97. The van der Waals surface area contributed by atoms with Crippen LogP contribution in [0.4, 0.5) is 13.2 Å². The second-order valence-electron chi connectivity index (χ2n) is 7.30. The number of fused-ring (bicyclic) bond motifs is 1. The molecular formula is C21H21F3N4O. The third kappa shape index (κ3) is 4.59. The first-order chi connectivity index (χ1) is 13.9. The number of imidazole rings is 1. The predicted molar refractivity (Wildman–Crippen MR) is 103 cm³/mol. The predicted octanol–water partition coefficient (Wildman–Crippen LogP) is 4.11. The average Bonchev–Trinajstić information content (AvgIpc) is 3.35. The lowest BCUT2D eigenvalue weighted by Gasteiger charge is -2.15. The summed E-state index contributed by atoms with van der Waals surface area (Å²) in [5.41, 5.74) is 2.82. The molecule has 1 aromatic heterocycles. The molecule has 0 radical (unpaired) electrons. The second-order valence-corrected chi connectivity index (χ2v) is 7.30. The maximum absolute atomic E-state index is 12.8. The van der Waals surface area contributed by atoms with Crippen LogP contribution in [0.25, 0.3) is 11.0 Å². The van der Waals surface area contributed by atoms with Gasteiger partial charge >= 0.3 is 6.18 Å². The number of carbonyl (C=O) groups is 1. The molecule has 1 aliphatic heterocycles. The van der Waals surface area contributed by atoms with Crippen LogP contribution < -0.4 is 5.32 Å². The van der Waals surface area contributed by atoms with Gasteiger partial charge in [0, 0.05) is 18.7 Å². The molecule has 1 aliphatic rings. The quantitative estimate of drug-likeness (QED) is 0.675. The number of hydrogen-bond acceptors (Lipinski definition) is 3. The molecule has 2 aromatic carbocycles. The van der Waals surface area contributed by atoms with E-state index < -0.39 is 12.0 Å². The summed E-state index contributed by atoms with van der Waals surface area (Å²) < 4.78 is 38.3. The highest BCUT2D eigenvalue weighted by atomic mass is 19.4. The van der Waals surface area contributed by atoms with Gasteiger partial charge in [-0.15, -0.1) is 0 Å². The number of alkyl halides is 3. The minimum absolute atomic E-state index is 0.170. The van der Waals surface area contributed by atoms with Gasteiger partial charge in [0.1, 0.15) is 0 Å². The molecule has 1 amide bonds. The van der Waals surface area contributed by atoms with E-state index in [2.05, 4.69) is 32.3 Å². The van der Waals surface area contributed by atoms with Crippen LogP contribution in [0, 0.1) is 0 Å². The second kappa shape index (κ2) is 7.87. The topological polar surface area (TPSA) is 61.0 Å². The minimum atomic E-state index is -4.55. The molecule has 0 unspecified atom stereocenters. The van der Waals surface area contributed by atoms with Gasteiger partial charge in [-0.2, -0.15) is 13.2 Å². The number of hydrogen-bond donors (Lipinski definition) is 2. The number of rotatable bonds is 5. The van der Waals surface area contributed by atoms with Gasteiger partial charge in [-0.1, -0.05) is 24.3 Å². The Morgan fingerprint density at radius 1 is 1.10 bits per heavy atom. The number of likely N-dealkylation sites (tertiary alicyclic amines) is 1. The standard InChI is InChI=1S/C21H21F3N4O/c22-21(23,24)20-26-17-7-6-16(11-18(17)27-20)19(29)25-12-14-4-3-5-15(10-14)13-28-8-1-2-9-28/h3-7,10-11H,1-2,8-9,12-13H2,(H,25,29)(H,26,27). The van der Waals surface area contributed by atoms with E-state index in [1.54, 1.807) is 0 Å². The first-order valence-electron chi connectivity index (χ1n) is 9.54. The van der Waals surface area contributed by atoms with Crippen molar-refractivity contribution in [2.75, 3.05) is 13.1 Å². The van der Waals surface area contributed by atoms with Crippen molar-refractivity contribution in [2.24, 2.45) is 0 Å². The van der Waals surface area contributed by atoms with Crippen molar-refractivity contribution in [1.29, 1.82) is 0 Å². The summed E-state index contributed by atoms with van der Waals surface area (Å²) in [5, 5.41) is 2.83. The third-order valence-electron chi connectivity index (χ3n) is 5.06. The highest BCUT2D eigenvalue weighted by Gasteiger charge is 2.34. The Morgan fingerprint density at radius 2 is 1.86 bits per heavy atom. The smallest absolute Gasteiger partial charge is 0.348 e. The number of nitrogens with zero attached hydrogens (tertiary/aromatic N) is 2. The molecule has 3 aromatic rings. The molecule has 0 bridgehead atoms. The van der Waals surface area contributed by atoms with Gasteiger partial charge in [-0.3, -0.25) is 9.69 Å². The lowest BCUT2D eigenvalue weighted by Crippen LogP contribution is -2.23. The molecule has 5 nitrogen and oxygen atoms in total.